The van der Waals surface area contributed by atoms with E-state index in [9.17, 15) is 8.42 Å². The number of rotatable bonds is 5. The van der Waals surface area contributed by atoms with E-state index in [1.165, 1.54) is 6.07 Å². The standard InChI is InChI=1S/C12H16BrClN2O2S.ClH/c13-10-1-2-11(14)12(7-10)19(17,18)16-6-4-9-3-5-15-8-9;/h1-2,7,9,15-16H,3-6,8H2;1H. The molecule has 1 aromatic rings. The van der Waals surface area contributed by atoms with Crippen LogP contribution in [0.4, 0.5) is 0 Å². The Bertz CT molecular complexity index is 548. The molecule has 0 saturated carbocycles. The Hall–Kier alpha value is 0.150. The summed E-state index contributed by atoms with van der Waals surface area (Å²) in [6, 6.07) is 4.80. The summed E-state index contributed by atoms with van der Waals surface area (Å²) >= 11 is 9.19. The summed E-state index contributed by atoms with van der Waals surface area (Å²) in [5, 5.41) is 3.50. The molecule has 4 nitrogen and oxygen atoms in total. The molecule has 0 amide bonds. The van der Waals surface area contributed by atoms with Crippen LogP contribution < -0.4 is 10.0 Å². The third-order valence-corrected chi connectivity index (χ3v) is 5.63. The molecule has 1 aliphatic heterocycles. The molecule has 114 valence electrons. The molecule has 0 spiro atoms. The molecular formula is C12H17BrCl2N2O2S. The summed E-state index contributed by atoms with van der Waals surface area (Å²) in [6.07, 6.45) is 1.96. The summed E-state index contributed by atoms with van der Waals surface area (Å²) in [4.78, 5) is 0.119. The molecule has 0 aromatic heterocycles. The fourth-order valence-corrected chi connectivity index (χ4v) is 4.20. The van der Waals surface area contributed by atoms with E-state index in [4.69, 9.17) is 11.6 Å². The highest BCUT2D eigenvalue weighted by Crippen LogP contribution is 2.25. The Morgan fingerprint density at radius 3 is 2.85 bits per heavy atom. The minimum absolute atomic E-state index is 0. The second-order valence-corrected chi connectivity index (χ2v) is 7.68. The molecule has 0 bridgehead atoms. The van der Waals surface area contributed by atoms with Gasteiger partial charge in [0.25, 0.3) is 0 Å². The molecule has 0 aliphatic carbocycles. The SMILES string of the molecule is Cl.O=S(=O)(NCCC1CCNC1)c1cc(Br)ccc1Cl. The Balaban J connectivity index is 0.00000200. The van der Waals surface area contributed by atoms with Crippen molar-refractivity contribution in [3.63, 3.8) is 0 Å². The molecule has 8 heteroatoms. The minimum Gasteiger partial charge on any atom is -0.316 e. The lowest BCUT2D eigenvalue weighted by molar-refractivity contribution is 0.519. The number of hydrogen-bond donors (Lipinski definition) is 2. The van der Waals surface area contributed by atoms with Gasteiger partial charge in [-0.3, -0.25) is 0 Å². The molecule has 1 saturated heterocycles. The van der Waals surface area contributed by atoms with Gasteiger partial charge < -0.3 is 5.32 Å². The highest BCUT2D eigenvalue weighted by Gasteiger charge is 2.19. The van der Waals surface area contributed by atoms with Crippen LogP contribution in [0.15, 0.2) is 27.6 Å². The Labute approximate surface area is 139 Å². The zero-order valence-electron chi connectivity index (χ0n) is 10.7. The molecule has 1 aliphatic rings. The molecule has 2 rings (SSSR count). The van der Waals surface area contributed by atoms with Crippen LogP contribution in [-0.4, -0.2) is 28.1 Å². The smallest absolute Gasteiger partial charge is 0.242 e. The van der Waals surface area contributed by atoms with Gasteiger partial charge in [-0.05, 0) is 50.0 Å². The zero-order valence-corrected chi connectivity index (χ0v) is 14.7. The van der Waals surface area contributed by atoms with Crippen molar-refractivity contribution in [2.45, 2.75) is 17.7 Å². The minimum atomic E-state index is -3.54. The predicted molar refractivity (Wildman–Crippen MR) is 87.2 cm³/mol. The van der Waals surface area contributed by atoms with Crippen LogP contribution in [-0.2, 0) is 10.0 Å². The third-order valence-electron chi connectivity index (χ3n) is 3.19. The molecular weight excluding hydrogens is 387 g/mol. The summed E-state index contributed by atoms with van der Waals surface area (Å²) < 4.78 is 27.6. The van der Waals surface area contributed by atoms with Crippen LogP contribution in [0.2, 0.25) is 5.02 Å². The first-order chi connectivity index (χ1) is 8.99. The Kier molecular flexibility index (Phi) is 7.24. The molecule has 0 radical (unpaired) electrons. The van der Waals surface area contributed by atoms with E-state index < -0.39 is 10.0 Å². The monoisotopic (exact) mass is 402 g/mol. The molecule has 1 fully saturated rings. The van der Waals surface area contributed by atoms with E-state index in [1.807, 2.05) is 0 Å². The summed E-state index contributed by atoms with van der Waals surface area (Å²) in [5.74, 6) is 0.556. The molecule has 1 heterocycles. The van der Waals surface area contributed by atoms with E-state index in [0.717, 1.165) is 25.9 Å². The molecule has 2 N–H and O–H groups in total. The van der Waals surface area contributed by atoms with Crippen molar-refractivity contribution in [2.24, 2.45) is 5.92 Å². The van der Waals surface area contributed by atoms with Crippen LogP contribution in [0.5, 0.6) is 0 Å². The topological polar surface area (TPSA) is 58.2 Å². The first kappa shape index (κ1) is 18.2. The summed E-state index contributed by atoms with van der Waals surface area (Å²) in [5.41, 5.74) is 0. The van der Waals surface area contributed by atoms with Crippen LogP contribution in [0, 0.1) is 5.92 Å². The fraction of sp³-hybridized carbons (Fsp3) is 0.500. The van der Waals surface area contributed by atoms with E-state index in [2.05, 4.69) is 26.0 Å². The van der Waals surface area contributed by atoms with Gasteiger partial charge in [-0.2, -0.15) is 0 Å². The van der Waals surface area contributed by atoms with E-state index >= 15 is 0 Å². The number of sulfonamides is 1. The Morgan fingerprint density at radius 2 is 2.20 bits per heavy atom. The van der Waals surface area contributed by atoms with Crippen molar-refractivity contribution in [1.29, 1.82) is 0 Å². The second-order valence-electron chi connectivity index (χ2n) is 4.62. The van der Waals surface area contributed by atoms with Crippen molar-refractivity contribution in [2.75, 3.05) is 19.6 Å². The summed E-state index contributed by atoms with van der Waals surface area (Å²) in [7, 11) is -3.54. The van der Waals surface area contributed by atoms with Crippen molar-refractivity contribution in [3.05, 3.63) is 27.7 Å². The van der Waals surface area contributed by atoms with Crippen LogP contribution in [0.1, 0.15) is 12.8 Å². The number of hydrogen-bond acceptors (Lipinski definition) is 3. The quantitative estimate of drug-likeness (QED) is 0.794. The lowest BCUT2D eigenvalue weighted by atomic mass is 10.1. The Morgan fingerprint density at radius 1 is 1.45 bits per heavy atom. The van der Waals surface area contributed by atoms with Gasteiger partial charge >= 0.3 is 0 Å². The maximum Gasteiger partial charge on any atom is 0.242 e. The largest absolute Gasteiger partial charge is 0.316 e. The van der Waals surface area contributed by atoms with Gasteiger partial charge in [-0.1, -0.05) is 27.5 Å². The first-order valence-corrected chi connectivity index (χ1v) is 8.80. The number of nitrogens with one attached hydrogen (secondary N) is 2. The number of halogens is 3. The van der Waals surface area contributed by atoms with E-state index in [1.54, 1.807) is 12.1 Å². The van der Waals surface area contributed by atoms with E-state index in [-0.39, 0.29) is 22.3 Å². The van der Waals surface area contributed by atoms with Gasteiger partial charge in [-0.25, -0.2) is 13.1 Å². The van der Waals surface area contributed by atoms with Gasteiger partial charge in [0.05, 0.1) is 5.02 Å². The summed E-state index contributed by atoms with van der Waals surface area (Å²) in [6.45, 7) is 2.44. The highest BCUT2D eigenvalue weighted by molar-refractivity contribution is 9.10. The van der Waals surface area contributed by atoms with Gasteiger partial charge in [-0.15, -0.1) is 12.4 Å². The molecule has 20 heavy (non-hydrogen) atoms. The normalized spacial score (nSPS) is 18.8. The third kappa shape index (κ3) is 4.86. The van der Waals surface area contributed by atoms with Crippen LogP contribution >= 0.6 is 39.9 Å². The molecule has 1 aromatic carbocycles. The number of benzene rings is 1. The maximum absolute atomic E-state index is 12.1. The van der Waals surface area contributed by atoms with Gasteiger partial charge in [0.2, 0.25) is 10.0 Å². The first-order valence-electron chi connectivity index (χ1n) is 6.14. The fourth-order valence-electron chi connectivity index (χ4n) is 2.12. The molecule has 1 unspecified atom stereocenters. The lowest BCUT2D eigenvalue weighted by Crippen LogP contribution is -2.27. The lowest BCUT2D eigenvalue weighted by Gasteiger charge is -2.11. The maximum atomic E-state index is 12.1. The molecule has 1 atom stereocenters. The van der Waals surface area contributed by atoms with Crippen molar-refractivity contribution >= 4 is 50.0 Å². The highest BCUT2D eigenvalue weighted by atomic mass is 79.9. The average Bonchev–Trinajstić information content (AvgIpc) is 2.85. The van der Waals surface area contributed by atoms with Gasteiger partial charge in [0.15, 0.2) is 0 Å². The average molecular weight is 404 g/mol. The van der Waals surface area contributed by atoms with Crippen molar-refractivity contribution in [1.82, 2.24) is 10.0 Å². The van der Waals surface area contributed by atoms with Crippen LogP contribution in [0.25, 0.3) is 0 Å². The zero-order chi connectivity index (χ0) is 13.9. The van der Waals surface area contributed by atoms with Gasteiger partial charge in [0, 0.05) is 11.0 Å². The van der Waals surface area contributed by atoms with E-state index in [0.29, 0.717) is 16.9 Å². The van der Waals surface area contributed by atoms with Crippen LogP contribution in [0.3, 0.4) is 0 Å². The van der Waals surface area contributed by atoms with Crippen molar-refractivity contribution < 1.29 is 8.42 Å². The predicted octanol–water partition coefficient (Wildman–Crippen LogP) is 2.80. The van der Waals surface area contributed by atoms with Crippen molar-refractivity contribution in [3.8, 4) is 0 Å². The van der Waals surface area contributed by atoms with Gasteiger partial charge in [0.1, 0.15) is 4.90 Å². The second kappa shape index (κ2) is 7.96.